The summed E-state index contributed by atoms with van der Waals surface area (Å²) < 4.78 is 12.0. The molecule has 0 spiro atoms. The Balaban J connectivity index is 1.80. The Hall–Kier alpha value is -3.88. The predicted octanol–water partition coefficient (Wildman–Crippen LogP) is 3.82. The molecule has 0 saturated heterocycles. The second kappa shape index (κ2) is 8.64. The highest BCUT2D eigenvalue weighted by molar-refractivity contribution is 6.03. The third kappa shape index (κ3) is 3.95. The van der Waals surface area contributed by atoms with E-state index in [0.717, 1.165) is 6.42 Å². The van der Waals surface area contributed by atoms with Gasteiger partial charge in [0, 0.05) is 28.9 Å². The number of aromatic nitrogens is 1. The van der Waals surface area contributed by atoms with Gasteiger partial charge < -0.3 is 19.7 Å². The van der Waals surface area contributed by atoms with E-state index in [1.165, 1.54) is 49.1 Å². The quantitative estimate of drug-likeness (QED) is 0.595. The maximum absolute atomic E-state index is 12.3. The molecule has 9 nitrogen and oxygen atoms in total. The first-order valence-electron chi connectivity index (χ1n) is 9.19. The molecule has 0 radical (unpaired) electrons. The number of rotatable bonds is 6. The van der Waals surface area contributed by atoms with Crippen LogP contribution in [-0.2, 0) is 7.05 Å². The summed E-state index contributed by atoms with van der Waals surface area (Å²) in [6.07, 6.45) is 0.826. The normalized spacial score (nSPS) is 11.2. The van der Waals surface area contributed by atoms with Crippen LogP contribution in [0.1, 0.15) is 34.1 Å². The monoisotopic (exact) mass is 411 g/mol. The number of aromatic hydroxyl groups is 2. The topological polar surface area (TPSA) is 123 Å². The molecule has 0 unspecified atom stereocenters. The average Bonchev–Trinajstić information content (AvgIpc) is 2.99. The molecule has 0 aliphatic rings. The summed E-state index contributed by atoms with van der Waals surface area (Å²) in [5.41, 5.74) is 0.300. The van der Waals surface area contributed by atoms with Crippen molar-refractivity contribution < 1.29 is 29.3 Å². The highest BCUT2D eigenvalue weighted by Gasteiger charge is 2.16. The molecule has 30 heavy (non-hydrogen) atoms. The minimum atomic E-state index is -0.761. The largest absolute Gasteiger partial charge is 0.494 e. The zero-order valence-corrected chi connectivity index (χ0v) is 16.7. The number of nitrogens with zero attached hydrogens (tertiary/aromatic N) is 3. The Morgan fingerprint density at radius 3 is 2.17 bits per heavy atom. The molecule has 0 aliphatic heterocycles. The third-order valence-corrected chi connectivity index (χ3v) is 4.49. The fourth-order valence-electron chi connectivity index (χ4n) is 2.86. The van der Waals surface area contributed by atoms with Gasteiger partial charge in [-0.25, -0.2) is 0 Å². The van der Waals surface area contributed by atoms with E-state index >= 15 is 0 Å². The molecule has 1 aromatic heterocycles. The number of hydrogen-bond donors (Lipinski definition) is 2. The van der Waals surface area contributed by atoms with Crippen LogP contribution in [0.2, 0.25) is 0 Å². The fourth-order valence-corrected chi connectivity index (χ4v) is 2.86. The molecule has 156 valence electrons. The van der Waals surface area contributed by atoms with E-state index in [1.807, 2.05) is 6.92 Å². The zero-order chi connectivity index (χ0) is 21.8. The molecule has 0 fully saturated rings. The fraction of sp³-hybridized carbons (Fsp3) is 0.238. The highest BCUT2D eigenvalue weighted by Crippen LogP contribution is 2.35. The summed E-state index contributed by atoms with van der Waals surface area (Å²) in [4.78, 5) is 24.6. The van der Waals surface area contributed by atoms with Gasteiger partial charge in [-0.15, -0.1) is 10.2 Å². The van der Waals surface area contributed by atoms with Crippen molar-refractivity contribution in [1.82, 2.24) is 4.57 Å². The number of ether oxygens (including phenoxy) is 2. The van der Waals surface area contributed by atoms with Gasteiger partial charge in [-0.05, 0) is 42.8 Å². The lowest BCUT2D eigenvalue weighted by Gasteiger charge is -2.10. The number of methoxy groups -OCH3 is 1. The van der Waals surface area contributed by atoms with Crippen molar-refractivity contribution in [1.29, 1.82) is 0 Å². The summed E-state index contributed by atoms with van der Waals surface area (Å²) in [6, 6.07) is 8.85. The van der Waals surface area contributed by atoms with Crippen LogP contribution in [-0.4, -0.2) is 40.3 Å². The Kier molecular flexibility index (Phi) is 6.01. The van der Waals surface area contributed by atoms with Crippen LogP contribution in [0, 0.1) is 0 Å². The maximum Gasteiger partial charge on any atom is 0.295 e. The number of azo groups is 1. The van der Waals surface area contributed by atoms with Gasteiger partial charge in [0.2, 0.25) is 11.8 Å². The van der Waals surface area contributed by atoms with Crippen LogP contribution in [0.25, 0.3) is 10.8 Å². The van der Waals surface area contributed by atoms with E-state index in [2.05, 4.69) is 10.2 Å². The number of carbonyl (C=O) groups is 2. The number of amides is 2. The maximum atomic E-state index is 12.3. The van der Waals surface area contributed by atoms with Gasteiger partial charge in [0.25, 0.3) is 11.8 Å². The van der Waals surface area contributed by atoms with Gasteiger partial charge in [0.15, 0.2) is 11.5 Å². The van der Waals surface area contributed by atoms with Gasteiger partial charge >= 0.3 is 0 Å². The lowest BCUT2D eigenvalue weighted by atomic mass is 10.1. The molecular formula is C21H21N3O6. The second-order valence-corrected chi connectivity index (χ2v) is 6.49. The SMILES string of the molecule is CCCOc1ccc(C(=O)N=NC(=O)c2ccc3c(O)n(C)c(O)c3c2)cc1OC. The van der Waals surface area contributed by atoms with E-state index < -0.39 is 11.8 Å². The average molecular weight is 411 g/mol. The first-order chi connectivity index (χ1) is 14.4. The Morgan fingerprint density at radius 1 is 0.933 bits per heavy atom. The smallest absolute Gasteiger partial charge is 0.295 e. The number of hydrogen-bond acceptors (Lipinski definition) is 6. The lowest BCUT2D eigenvalue weighted by Crippen LogP contribution is -2.01. The van der Waals surface area contributed by atoms with Gasteiger partial charge in [-0.1, -0.05) is 6.92 Å². The Bertz CT molecular complexity index is 1150. The molecule has 0 atom stereocenters. The Labute approximate surface area is 172 Å². The molecule has 3 rings (SSSR count). The molecule has 0 aliphatic carbocycles. The van der Waals surface area contributed by atoms with Gasteiger partial charge in [-0.2, -0.15) is 0 Å². The molecule has 3 aromatic rings. The van der Waals surface area contributed by atoms with Crippen molar-refractivity contribution in [3.8, 4) is 23.3 Å². The van der Waals surface area contributed by atoms with Gasteiger partial charge in [0.1, 0.15) is 0 Å². The molecule has 2 N–H and O–H groups in total. The summed E-state index contributed by atoms with van der Waals surface area (Å²) in [7, 11) is 2.94. The van der Waals surface area contributed by atoms with Crippen molar-refractivity contribution in [2.24, 2.45) is 17.3 Å². The van der Waals surface area contributed by atoms with Crippen molar-refractivity contribution in [3.05, 3.63) is 47.5 Å². The van der Waals surface area contributed by atoms with Crippen LogP contribution < -0.4 is 9.47 Å². The van der Waals surface area contributed by atoms with E-state index in [-0.39, 0.29) is 28.3 Å². The standard InChI is InChI=1S/C21H21N3O6/c1-4-9-30-16-8-6-13(11-17(16)29-3)19(26)23-22-18(25)12-5-7-14-15(10-12)21(28)24(2)20(14)27/h5-8,10-11,27-28H,4,9H2,1-3H3. The molecule has 0 saturated carbocycles. The molecule has 1 heterocycles. The molecular weight excluding hydrogens is 390 g/mol. The van der Waals surface area contributed by atoms with Crippen LogP contribution in [0.15, 0.2) is 46.6 Å². The van der Waals surface area contributed by atoms with Crippen LogP contribution in [0.4, 0.5) is 0 Å². The first kappa shape index (κ1) is 20.8. The lowest BCUT2D eigenvalue weighted by molar-refractivity contribution is 0.0946. The van der Waals surface area contributed by atoms with Crippen LogP contribution in [0.3, 0.4) is 0 Å². The molecule has 2 amide bonds. The predicted molar refractivity (Wildman–Crippen MR) is 109 cm³/mol. The number of benzene rings is 2. The summed E-state index contributed by atoms with van der Waals surface area (Å²) in [5, 5.41) is 27.6. The van der Waals surface area contributed by atoms with E-state index in [4.69, 9.17) is 9.47 Å². The second-order valence-electron chi connectivity index (χ2n) is 6.49. The first-order valence-corrected chi connectivity index (χ1v) is 9.19. The number of fused-ring (bicyclic) bond motifs is 1. The summed E-state index contributed by atoms with van der Waals surface area (Å²) in [5.74, 6) is -0.919. The summed E-state index contributed by atoms with van der Waals surface area (Å²) in [6.45, 7) is 2.48. The molecule has 0 bridgehead atoms. The Morgan fingerprint density at radius 2 is 1.53 bits per heavy atom. The molecule has 9 heteroatoms. The summed E-state index contributed by atoms with van der Waals surface area (Å²) >= 11 is 0. The molecule has 2 aromatic carbocycles. The van der Waals surface area contributed by atoms with Crippen molar-refractivity contribution in [2.45, 2.75) is 13.3 Å². The number of carbonyl (C=O) groups excluding carboxylic acids is 2. The van der Waals surface area contributed by atoms with Gasteiger partial charge in [0.05, 0.1) is 13.7 Å². The van der Waals surface area contributed by atoms with Crippen molar-refractivity contribution >= 4 is 22.6 Å². The highest BCUT2D eigenvalue weighted by atomic mass is 16.5. The minimum absolute atomic E-state index is 0.112. The third-order valence-electron chi connectivity index (χ3n) is 4.49. The van der Waals surface area contributed by atoms with Crippen LogP contribution in [0.5, 0.6) is 23.3 Å². The van der Waals surface area contributed by atoms with E-state index in [0.29, 0.717) is 23.5 Å². The van der Waals surface area contributed by atoms with Crippen LogP contribution >= 0.6 is 0 Å². The van der Waals surface area contributed by atoms with E-state index in [1.54, 1.807) is 6.07 Å². The van der Waals surface area contributed by atoms with E-state index in [9.17, 15) is 19.8 Å². The zero-order valence-electron chi connectivity index (χ0n) is 16.7. The van der Waals surface area contributed by atoms with Gasteiger partial charge in [-0.3, -0.25) is 14.2 Å². The van der Waals surface area contributed by atoms with Crippen molar-refractivity contribution in [2.75, 3.05) is 13.7 Å². The van der Waals surface area contributed by atoms with Crippen molar-refractivity contribution in [3.63, 3.8) is 0 Å². The minimum Gasteiger partial charge on any atom is -0.494 e.